The number of hydrogen-bond donors (Lipinski definition) is 1. The Morgan fingerprint density at radius 1 is 1.15 bits per heavy atom. The third kappa shape index (κ3) is 4.27. The summed E-state index contributed by atoms with van der Waals surface area (Å²) in [6.45, 7) is 1.24. The number of aryl methyl sites for hydroxylation is 1. The van der Waals surface area contributed by atoms with Gasteiger partial charge in [-0.25, -0.2) is 9.18 Å². The third-order valence-electron chi connectivity index (χ3n) is 4.91. The van der Waals surface area contributed by atoms with Gasteiger partial charge in [0.2, 0.25) is 5.91 Å². The van der Waals surface area contributed by atoms with Crippen molar-refractivity contribution < 1.29 is 9.18 Å². The molecule has 2 aromatic rings. The van der Waals surface area contributed by atoms with Crippen LogP contribution in [0.3, 0.4) is 0 Å². The van der Waals surface area contributed by atoms with E-state index in [9.17, 15) is 18.8 Å². The molecule has 1 aromatic carbocycles. The molecule has 0 aliphatic carbocycles. The monoisotopic (exact) mass is 374 g/mol. The first-order valence-corrected chi connectivity index (χ1v) is 8.90. The molecule has 3 rings (SSSR count). The van der Waals surface area contributed by atoms with Crippen LogP contribution in [0.1, 0.15) is 18.4 Å². The molecule has 0 atom stereocenters. The van der Waals surface area contributed by atoms with Crippen molar-refractivity contribution in [1.82, 2.24) is 14.5 Å². The second-order valence-electron chi connectivity index (χ2n) is 6.90. The molecule has 0 spiro atoms. The molecule has 1 aromatic heterocycles. The molecule has 0 radical (unpaired) electrons. The minimum atomic E-state index is -0.355. The summed E-state index contributed by atoms with van der Waals surface area (Å²) in [7, 11) is 3.09. The van der Waals surface area contributed by atoms with Crippen LogP contribution in [0.4, 0.5) is 10.1 Å². The fourth-order valence-electron chi connectivity index (χ4n) is 3.34. The van der Waals surface area contributed by atoms with E-state index in [1.54, 1.807) is 25.4 Å². The Hall–Kier alpha value is -2.90. The molecule has 7 nitrogen and oxygen atoms in total. The summed E-state index contributed by atoms with van der Waals surface area (Å²) in [6.07, 6.45) is 3.20. The highest BCUT2D eigenvalue weighted by Crippen LogP contribution is 2.16. The fourth-order valence-corrected chi connectivity index (χ4v) is 3.34. The van der Waals surface area contributed by atoms with Gasteiger partial charge in [-0.2, -0.15) is 0 Å². The van der Waals surface area contributed by atoms with Gasteiger partial charge in [0.1, 0.15) is 11.5 Å². The topological polar surface area (TPSA) is 76.3 Å². The highest BCUT2D eigenvalue weighted by Gasteiger charge is 2.23. The number of aromatic nitrogens is 2. The van der Waals surface area contributed by atoms with Gasteiger partial charge in [0.25, 0.3) is 5.56 Å². The van der Waals surface area contributed by atoms with E-state index in [1.165, 1.54) is 23.7 Å². The quantitative estimate of drug-likeness (QED) is 0.848. The molecule has 2 heterocycles. The normalized spacial score (nSPS) is 15.0. The summed E-state index contributed by atoms with van der Waals surface area (Å²) in [5, 5.41) is 3.00. The number of rotatable bonds is 4. The number of amides is 1. The van der Waals surface area contributed by atoms with E-state index >= 15 is 0 Å². The number of benzene rings is 1. The third-order valence-corrected chi connectivity index (χ3v) is 4.91. The Bertz CT molecular complexity index is 941. The van der Waals surface area contributed by atoms with Crippen LogP contribution in [0.25, 0.3) is 0 Å². The lowest BCUT2D eigenvalue weighted by Crippen LogP contribution is -2.48. The van der Waals surface area contributed by atoms with Gasteiger partial charge in [-0.1, -0.05) is 12.1 Å². The van der Waals surface area contributed by atoms with Crippen molar-refractivity contribution in [1.29, 1.82) is 0 Å². The fraction of sp³-hybridized carbons (Fsp3) is 0.421. The number of nitrogens with zero attached hydrogens (tertiary/aromatic N) is 3. The molecule has 1 amide bonds. The largest absolute Gasteiger partial charge is 0.366 e. The molecule has 27 heavy (non-hydrogen) atoms. The molecular formula is C19H23FN4O3. The first kappa shape index (κ1) is 18.9. The van der Waals surface area contributed by atoms with Crippen LogP contribution >= 0.6 is 0 Å². The van der Waals surface area contributed by atoms with Crippen molar-refractivity contribution in [2.24, 2.45) is 14.1 Å². The Labute approximate surface area is 156 Å². The van der Waals surface area contributed by atoms with E-state index < -0.39 is 0 Å². The number of carbonyl (C=O) groups is 1. The van der Waals surface area contributed by atoms with Crippen molar-refractivity contribution in [2.75, 3.05) is 18.0 Å². The molecule has 1 saturated heterocycles. The van der Waals surface area contributed by atoms with Crippen LogP contribution in [0.2, 0.25) is 0 Å². The highest BCUT2D eigenvalue weighted by molar-refractivity contribution is 5.78. The molecule has 0 bridgehead atoms. The Morgan fingerprint density at radius 3 is 2.41 bits per heavy atom. The van der Waals surface area contributed by atoms with Crippen molar-refractivity contribution in [3.8, 4) is 0 Å². The van der Waals surface area contributed by atoms with E-state index in [1.807, 2.05) is 4.90 Å². The number of hydrogen-bond acceptors (Lipinski definition) is 4. The van der Waals surface area contributed by atoms with E-state index in [0.29, 0.717) is 31.6 Å². The van der Waals surface area contributed by atoms with Gasteiger partial charge in [0.05, 0.1) is 6.42 Å². The van der Waals surface area contributed by atoms with Crippen molar-refractivity contribution in [2.45, 2.75) is 25.3 Å². The van der Waals surface area contributed by atoms with Crippen LogP contribution < -0.4 is 21.5 Å². The molecule has 8 heteroatoms. The summed E-state index contributed by atoms with van der Waals surface area (Å²) in [4.78, 5) is 38.3. The van der Waals surface area contributed by atoms with E-state index in [4.69, 9.17) is 0 Å². The van der Waals surface area contributed by atoms with Crippen molar-refractivity contribution in [3.05, 3.63) is 62.7 Å². The Morgan fingerprint density at radius 2 is 1.78 bits per heavy atom. The van der Waals surface area contributed by atoms with Gasteiger partial charge in [0, 0.05) is 39.4 Å². The van der Waals surface area contributed by atoms with Gasteiger partial charge in [-0.3, -0.25) is 14.2 Å². The zero-order chi connectivity index (χ0) is 19.6. The van der Waals surface area contributed by atoms with E-state index in [0.717, 1.165) is 10.1 Å². The van der Waals surface area contributed by atoms with Gasteiger partial charge < -0.3 is 14.8 Å². The summed E-state index contributed by atoms with van der Waals surface area (Å²) in [6, 6.07) is 5.93. The molecule has 1 aliphatic heterocycles. The lowest BCUT2D eigenvalue weighted by atomic mass is 10.0. The van der Waals surface area contributed by atoms with Crippen molar-refractivity contribution >= 4 is 11.6 Å². The highest BCUT2D eigenvalue weighted by atomic mass is 19.1. The predicted octanol–water partition coefficient (Wildman–Crippen LogP) is 0.551. The lowest BCUT2D eigenvalue weighted by molar-refractivity contribution is -0.121. The number of carbonyl (C=O) groups excluding carboxylic acids is 1. The second-order valence-corrected chi connectivity index (χ2v) is 6.90. The standard InChI is InChI=1S/C19H23FN4O3/c1-22-12-16(18(26)23(2)19(22)27)24-9-7-15(8-10-24)21-17(25)11-13-3-5-14(20)6-4-13/h3-6,12,15H,7-11H2,1-2H3,(H,21,25). The average Bonchev–Trinajstić information content (AvgIpc) is 2.65. The zero-order valence-electron chi connectivity index (χ0n) is 15.4. The maximum absolute atomic E-state index is 12.9. The molecule has 1 fully saturated rings. The molecule has 0 unspecified atom stereocenters. The molecule has 0 saturated carbocycles. The molecule has 144 valence electrons. The van der Waals surface area contributed by atoms with Crippen LogP contribution in [0, 0.1) is 5.82 Å². The van der Waals surface area contributed by atoms with Crippen LogP contribution in [-0.4, -0.2) is 34.2 Å². The van der Waals surface area contributed by atoms with Crippen LogP contribution in [0.5, 0.6) is 0 Å². The number of nitrogens with one attached hydrogen (secondary N) is 1. The smallest absolute Gasteiger partial charge is 0.330 e. The number of halogens is 1. The van der Waals surface area contributed by atoms with Gasteiger partial charge in [-0.05, 0) is 30.5 Å². The first-order valence-electron chi connectivity index (χ1n) is 8.90. The molecule has 1 N–H and O–H groups in total. The Balaban J connectivity index is 1.58. The van der Waals surface area contributed by atoms with E-state index in [2.05, 4.69) is 5.32 Å². The summed E-state index contributed by atoms with van der Waals surface area (Å²) in [5.74, 6) is -0.422. The van der Waals surface area contributed by atoms with Gasteiger partial charge in [-0.15, -0.1) is 0 Å². The number of anilines is 1. The molecular weight excluding hydrogens is 351 g/mol. The average molecular weight is 374 g/mol. The first-order chi connectivity index (χ1) is 12.8. The van der Waals surface area contributed by atoms with Crippen LogP contribution in [-0.2, 0) is 25.3 Å². The minimum absolute atomic E-state index is 0.0329. The maximum atomic E-state index is 12.9. The van der Waals surface area contributed by atoms with E-state index in [-0.39, 0.29) is 35.4 Å². The molecule has 1 aliphatic rings. The summed E-state index contributed by atoms with van der Waals surface area (Å²) < 4.78 is 15.4. The SMILES string of the molecule is Cn1cc(N2CCC(NC(=O)Cc3ccc(F)cc3)CC2)c(=O)n(C)c1=O. The van der Waals surface area contributed by atoms with Crippen LogP contribution in [0.15, 0.2) is 40.1 Å². The summed E-state index contributed by atoms with van der Waals surface area (Å²) in [5.41, 5.74) is 0.597. The predicted molar refractivity (Wildman–Crippen MR) is 100 cm³/mol. The van der Waals surface area contributed by atoms with Crippen molar-refractivity contribution in [3.63, 3.8) is 0 Å². The van der Waals surface area contributed by atoms with Gasteiger partial charge in [0.15, 0.2) is 0 Å². The summed E-state index contributed by atoms with van der Waals surface area (Å²) >= 11 is 0. The number of piperidine rings is 1. The second kappa shape index (κ2) is 7.77. The minimum Gasteiger partial charge on any atom is -0.366 e. The zero-order valence-corrected chi connectivity index (χ0v) is 15.4. The lowest BCUT2D eigenvalue weighted by Gasteiger charge is -2.33. The maximum Gasteiger partial charge on any atom is 0.330 e. The Kier molecular flexibility index (Phi) is 5.43. The van der Waals surface area contributed by atoms with Gasteiger partial charge >= 0.3 is 5.69 Å².